The minimum atomic E-state index is 0.410. The van der Waals surface area contributed by atoms with Crippen molar-refractivity contribution in [2.45, 2.75) is 52.0 Å². The summed E-state index contributed by atoms with van der Waals surface area (Å²) >= 11 is 0. The summed E-state index contributed by atoms with van der Waals surface area (Å²) in [6.45, 7) is 5.39. The predicted molar refractivity (Wildman–Crippen MR) is 86.1 cm³/mol. The Morgan fingerprint density at radius 3 is 2.77 bits per heavy atom. The van der Waals surface area contributed by atoms with Gasteiger partial charge in [0, 0.05) is 36.1 Å². The SMILES string of the molecule is Cc1nn(C)c(C)c1[C@@H]1CCCN1c1ncnc2c1CCC2. The van der Waals surface area contributed by atoms with E-state index in [0.717, 1.165) is 25.1 Å². The van der Waals surface area contributed by atoms with Gasteiger partial charge >= 0.3 is 0 Å². The van der Waals surface area contributed by atoms with E-state index in [0.29, 0.717) is 6.04 Å². The van der Waals surface area contributed by atoms with Crippen molar-refractivity contribution in [2.24, 2.45) is 7.05 Å². The quantitative estimate of drug-likeness (QED) is 0.855. The van der Waals surface area contributed by atoms with Crippen LogP contribution in [0.1, 0.15) is 53.5 Å². The largest absolute Gasteiger partial charge is 0.349 e. The molecule has 0 saturated carbocycles. The van der Waals surface area contributed by atoms with Crippen LogP contribution in [-0.2, 0) is 19.9 Å². The average molecular weight is 297 g/mol. The second-order valence-electron chi connectivity index (χ2n) is 6.54. The van der Waals surface area contributed by atoms with Crippen LogP contribution in [0.2, 0.25) is 0 Å². The molecule has 22 heavy (non-hydrogen) atoms. The van der Waals surface area contributed by atoms with Crippen LogP contribution < -0.4 is 4.90 Å². The molecule has 0 bridgehead atoms. The summed E-state index contributed by atoms with van der Waals surface area (Å²) in [7, 11) is 2.04. The van der Waals surface area contributed by atoms with Crippen molar-refractivity contribution in [1.29, 1.82) is 0 Å². The van der Waals surface area contributed by atoms with E-state index in [9.17, 15) is 0 Å². The molecule has 1 saturated heterocycles. The molecule has 5 heteroatoms. The zero-order chi connectivity index (χ0) is 15.3. The highest BCUT2D eigenvalue weighted by molar-refractivity contribution is 5.54. The van der Waals surface area contributed by atoms with Gasteiger partial charge < -0.3 is 4.90 Å². The Bertz CT molecular complexity index is 718. The fraction of sp³-hybridized carbons (Fsp3) is 0.588. The summed E-state index contributed by atoms with van der Waals surface area (Å²) in [5.41, 5.74) is 6.47. The van der Waals surface area contributed by atoms with E-state index < -0.39 is 0 Å². The summed E-state index contributed by atoms with van der Waals surface area (Å²) in [6, 6.07) is 0.410. The van der Waals surface area contributed by atoms with Crippen molar-refractivity contribution in [3.05, 3.63) is 34.5 Å². The van der Waals surface area contributed by atoms with Crippen LogP contribution in [0.25, 0.3) is 0 Å². The Kier molecular flexibility index (Phi) is 3.17. The molecule has 1 atom stereocenters. The monoisotopic (exact) mass is 297 g/mol. The molecule has 0 radical (unpaired) electrons. The van der Waals surface area contributed by atoms with E-state index in [2.05, 4.69) is 33.8 Å². The Labute approximate surface area is 131 Å². The van der Waals surface area contributed by atoms with Gasteiger partial charge in [-0.25, -0.2) is 9.97 Å². The lowest BCUT2D eigenvalue weighted by atomic mass is 10.0. The van der Waals surface area contributed by atoms with E-state index in [-0.39, 0.29) is 0 Å². The number of fused-ring (bicyclic) bond motifs is 1. The lowest BCUT2D eigenvalue weighted by molar-refractivity contribution is 0.690. The van der Waals surface area contributed by atoms with Crippen LogP contribution in [0.5, 0.6) is 0 Å². The van der Waals surface area contributed by atoms with Crippen molar-refractivity contribution in [2.75, 3.05) is 11.4 Å². The number of anilines is 1. The van der Waals surface area contributed by atoms with Gasteiger partial charge in [-0.15, -0.1) is 0 Å². The van der Waals surface area contributed by atoms with Crippen molar-refractivity contribution >= 4 is 5.82 Å². The number of nitrogens with zero attached hydrogens (tertiary/aromatic N) is 5. The third-order valence-corrected chi connectivity index (χ3v) is 5.28. The highest BCUT2D eigenvalue weighted by Gasteiger charge is 2.33. The molecule has 2 aliphatic rings. The molecule has 0 N–H and O–H groups in total. The molecular weight excluding hydrogens is 274 g/mol. The zero-order valence-corrected chi connectivity index (χ0v) is 13.6. The topological polar surface area (TPSA) is 46.8 Å². The van der Waals surface area contributed by atoms with Gasteiger partial charge in [0.25, 0.3) is 0 Å². The Morgan fingerprint density at radius 2 is 2.00 bits per heavy atom. The highest BCUT2D eigenvalue weighted by Crippen LogP contribution is 2.40. The summed E-state index contributed by atoms with van der Waals surface area (Å²) in [5.74, 6) is 1.17. The van der Waals surface area contributed by atoms with Gasteiger partial charge in [-0.1, -0.05) is 0 Å². The molecule has 0 aromatic carbocycles. The molecule has 1 aliphatic heterocycles. The molecule has 1 fully saturated rings. The minimum Gasteiger partial charge on any atom is -0.349 e. The fourth-order valence-electron chi connectivity index (χ4n) is 4.18. The molecule has 0 amide bonds. The molecule has 2 aromatic heterocycles. The van der Waals surface area contributed by atoms with E-state index >= 15 is 0 Å². The maximum atomic E-state index is 4.66. The Morgan fingerprint density at radius 1 is 1.14 bits per heavy atom. The van der Waals surface area contributed by atoms with Crippen molar-refractivity contribution < 1.29 is 0 Å². The maximum absolute atomic E-state index is 4.66. The molecule has 3 heterocycles. The molecule has 2 aromatic rings. The molecule has 0 spiro atoms. The normalized spacial score (nSPS) is 20.7. The Balaban J connectivity index is 1.78. The molecule has 1 aliphatic carbocycles. The first-order valence-corrected chi connectivity index (χ1v) is 8.26. The first kappa shape index (κ1) is 13.7. The van der Waals surface area contributed by atoms with Gasteiger partial charge in [0.15, 0.2) is 0 Å². The third-order valence-electron chi connectivity index (χ3n) is 5.28. The van der Waals surface area contributed by atoms with Gasteiger partial charge in [-0.05, 0) is 46.0 Å². The van der Waals surface area contributed by atoms with Gasteiger partial charge in [0.05, 0.1) is 11.7 Å². The fourth-order valence-corrected chi connectivity index (χ4v) is 4.18. The smallest absolute Gasteiger partial charge is 0.135 e. The molecular formula is C17H23N5. The van der Waals surface area contributed by atoms with Crippen molar-refractivity contribution in [1.82, 2.24) is 19.7 Å². The van der Waals surface area contributed by atoms with Crippen LogP contribution in [0.15, 0.2) is 6.33 Å². The summed E-state index contributed by atoms with van der Waals surface area (Å²) in [5, 5.41) is 4.61. The van der Waals surface area contributed by atoms with Crippen molar-refractivity contribution in [3.8, 4) is 0 Å². The van der Waals surface area contributed by atoms with E-state index in [1.807, 2.05) is 11.7 Å². The third kappa shape index (κ3) is 1.95. The second kappa shape index (κ2) is 5.07. The van der Waals surface area contributed by atoms with Crippen LogP contribution in [0, 0.1) is 13.8 Å². The highest BCUT2D eigenvalue weighted by atomic mass is 15.3. The number of rotatable bonds is 2. The van der Waals surface area contributed by atoms with Gasteiger partial charge in [0.1, 0.15) is 12.1 Å². The zero-order valence-electron chi connectivity index (χ0n) is 13.6. The number of hydrogen-bond donors (Lipinski definition) is 0. The lowest BCUT2D eigenvalue weighted by Gasteiger charge is -2.28. The first-order chi connectivity index (χ1) is 10.7. The van der Waals surface area contributed by atoms with E-state index in [4.69, 9.17) is 0 Å². The predicted octanol–water partition coefficient (Wildman–Crippen LogP) is 2.66. The number of aryl methyl sites for hydroxylation is 3. The van der Waals surface area contributed by atoms with Crippen LogP contribution in [0.4, 0.5) is 5.82 Å². The lowest BCUT2D eigenvalue weighted by Crippen LogP contribution is -2.26. The van der Waals surface area contributed by atoms with Gasteiger partial charge in [0.2, 0.25) is 0 Å². The Hall–Kier alpha value is -1.91. The summed E-state index contributed by atoms with van der Waals surface area (Å²) in [6.07, 6.45) is 7.60. The van der Waals surface area contributed by atoms with Crippen LogP contribution in [0.3, 0.4) is 0 Å². The van der Waals surface area contributed by atoms with Crippen LogP contribution >= 0.6 is 0 Å². The van der Waals surface area contributed by atoms with E-state index in [1.54, 1.807) is 6.33 Å². The summed E-state index contributed by atoms with van der Waals surface area (Å²) < 4.78 is 2.01. The van der Waals surface area contributed by atoms with E-state index in [1.165, 1.54) is 47.6 Å². The molecule has 5 nitrogen and oxygen atoms in total. The number of aromatic nitrogens is 4. The molecule has 116 valence electrons. The standard InChI is InChI=1S/C17H23N5/c1-11-16(12(2)21(3)20-11)15-8-5-9-22(15)17-13-6-4-7-14(13)18-10-19-17/h10,15H,4-9H2,1-3H3/t15-/m0/s1. The van der Waals surface area contributed by atoms with Gasteiger partial charge in [-0.3, -0.25) is 4.68 Å². The molecule has 0 unspecified atom stereocenters. The molecule has 4 rings (SSSR count). The maximum Gasteiger partial charge on any atom is 0.135 e. The first-order valence-electron chi connectivity index (χ1n) is 8.26. The van der Waals surface area contributed by atoms with Crippen LogP contribution in [-0.4, -0.2) is 26.3 Å². The average Bonchev–Trinajstić information content (AvgIpc) is 3.19. The minimum absolute atomic E-state index is 0.410. The number of hydrogen-bond acceptors (Lipinski definition) is 4. The van der Waals surface area contributed by atoms with Gasteiger partial charge in [-0.2, -0.15) is 5.10 Å². The summed E-state index contributed by atoms with van der Waals surface area (Å²) in [4.78, 5) is 11.6. The second-order valence-corrected chi connectivity index (χ2v) is 6.54. The van der Waals surface area contributed by atoms with Crippen molar-refractivity contribution in [3.63, 3.8) is 0 Å².